The largest absolute Gasteiger partial charge is 0.573 e. The molecule has 0 saturated carbocycles. The number of rotatable bonds is 5. The lowest BCUT2D eigenvalue weighted by Crippen LogP contribution is -2.31. The number of anilines is 2. The van der Waals surface area contributed by atoms with E-state index in [1.165, 1.54) is 12.1 Å². The molecule has 0 spiro atoms. The molecule has 0 saturated heterocycles. The molecule has 0 aliphatic carbocycles. The van der Waals surface area contributed by atoms with Crippen molar-refractivity contribution in [3.8, 4) is 5.75 Å². The molecular weight excluding hydrogens is 321 g/mol. The molecule has 2 aromatic carbocycles. The van der Waals surface area contributed by atoms with Gasteiger partial charge in [0.2, 0.25) is 5.91 Å². The van der Waals surface area contributed by atoms with Crippen molar-refractivity contribution in [2.45, 2.75) is 26.3 Å². The number of hydrogen-bond donors (Lipinski definition) is 2. The zero-order chi connectivity index (χ0) is 17.7. The molecule has 0 bridgehead atoms. The fraction of sp³-hybridized carbons (Fsp3) is 0.235. The van der Waals surface area contributed by atoms with Crippen LogP contribution in [0, 0.1) is 6.92 Å². The summed E-state index contributed by atoms with van der Waals surface area (Å²) in [6, 6.07) is 12.0. The van der Waals surface area contributed by atoms with Crippen LogP contribution in [-0.2, 0) is 4.79 Å². The molecule has 1 atom stereocenters. The normalized spacial score (nSPS) is 12.4. The SMILES string of the molecule is Cc1cccc(NC(C)C(=O)Nc2ccc(OC(F)(F)F)cc2)c1. The number of amides is 1. The molecular formula is C17H17F3N2O2. The second kappa shape index (κ2) is 7.25. The van der Waals surface area contributed by atoms with Gasteiger partial charge in [-0.1, -0.05) is 12.1 Å². The average molecular weight is 338 g/mol. The predicted molar refractivity (Wildman–Crippen MR) is 86.0 cm³/mol. The van der Waals surface area contributed by atoms with E-state index in [0.29, 0.717) is 5.69 Å². The second-order valence-electron chi connectivity index (χ2n) is 5.30. The molecule has 2 rings (SSSR count). The van der Waals surface area contributed by atoms with Gasteiger partial charge in [0.05, 0.1) is 0 Å². The lowest BCUT2D eigenvalue weighted by Gasteiger charge is -2.16. The number of carbonyl (C=O) groups excluding carboxylic acids is 1. The Morgan fingerprint density at radius 2 is 1.75 bits per heavy atom. The Labute approximate surface area is 137 Å². The minimum absolute atomic E-state index is 0.305. The summed E-state index contributed by atoms with van der Waals surface area (Å²) in [6.07, 6.45) is -4.74. The molecule has 2 N–H and O–H groups in total. The van der Waals surface area contributed by atoms with Gasteiger partial charge in [0.1, 0.15) is 11.8 Å². The summed E-state index contributed by atoms with van der Waals surface area (Å²) in [6.45, 7) is 3.64. The van der Waals surface area contributed by atoms with Crippen LogP contribution in [0.15, 0.2) is 48.5 Å². The van der Waals surface area contributed by atoms with Gasteiger partial charge in [-0.2, -0.15) is 0 Å². The van der Waals surface area contributed by atoms with E-state index in [1.54, 1.807) is 6.92 Å². The lowest BCUT2D eigenvalue weighted by molar-refractivity contribution is -0.274. The molecule has 1 amide bonds. The third kappa shape index (κ3) is 5.49. The number of carbonyl (C=O) groups is 1. The average Bonchev–Trinajstić information content (AvgIpc) is 2.47. The minimum Gasteiger partial charge on any atom is -0.406 e. The molecule has 24 heavy (non-hydrogen) atoms. The fourth-order valence-electron chi connectivity index (χ4n) is 2.04. The quantitative estimate of drug-likeness (QED) is 0.853. The van der Waals surface area contributed by atoms with Crippen molar-refractivity contribution < 1.29 is 22.7 Å². The Balaban J connectivity index is 1.93. The van der Waals surface area contributed by atoms with E-state index in [9.17, 15) is 18.0 Å². The number of aryl methyl sites for hydroxylation is 1. The maximum atomic E-state index is 12.1. The van der Waals surface area contributed by atoms with E-state index in [1.807, 2.05) is 31.2 Å². The summed E-state index contributed by atoms with van der Waals surface area (Å²) in [7, 11) is 0. The Kier molecular flexibility index (Phi) is 5.33. The minimum atomic E-state index is -4.74. The molecule has 0 heterocycles. The molecule has 4 nitrogen and oxygen atoms in total. The maximum Gasteiger partial charge on any atom is 0.573 e. The number of halogens is 3. The monoisotopic (exact) mass is 338 g/mol. The highest BCUT2D eigenvalue weighted by atomic mass is 19.4. The number of ether oxygens (including phenoxy) is 1. The van der Waals surface area contributed by atoms with Crippen LogP contribution in [0.3, 0.4) is 0 Å². The molecule has 0 aromatic heterocycles. The van der Waals surface area contributed by atoms with Crippen LogP contribution in [0.25, 0.3) is 0 Å². The van der Waals surface area contributed by atoms with Gasteiger partial charge < -0.3 is 15.4 Å². The number of benzene rings is 2. The van der Waals surface area contributed by atoms with Crippen molar-refractivity contribution in [3.63, 3.8) is 0 Å². The van der Waals surface area contributed by atoms with Crippen LogP contribution in [0.4, 0.5) is 24.5 Å². The van der Waals surface area contributed by atoms with E-state index in [4.69, 9.17) is 0 Å². The summed E-state index contributed by atoms with van der Waals surface area (Å²) in [5.41, 5.74) is 2.26. The van der Waals surface area contributed by atoms with Crippen molar-refractivity contribution in [2.24, 2.45) is 0 Å². The zero-order valence-corrected chi connectivity index (χ0v) is 13.1. The van der Waals surface area contributed by atoms with Crippen LogP contribution in [0.5, 0.6) is 5.75 Å². The summed E-state index contributed by atoms with van der Waals surface area (Å²) in [5, 5.41) is 5.69. The second-order valence-corrected chi connectivity index (χ2v) is 5.30. The molecule has 128 valence electrons. The highest BCUT2D eigenvalue weighted by Crippen LogP contribution is 2.24. The van der Waals surface area contributed by atoms with E-state index in [0.717, 1.165) is 23.4 Å². The zero-order valence-electron chi connectivity index (χ0n) is 13.1. The standard InChI is InChI=1S/C17H17F3N2O2/c1-11-4-3-5-14(10-11)21-12(2)16(23)22-13-6-8-15(9-7-13)24-17(18,19)20/h3-10,12,21H,1-2H3,(H,22,23). The van der Waals surface area contributed by atoms with E-state index >= 15 is 0 Å². The van der Waals surface area contributed by atoms with Crippen LogP contribution < -0.4 is 15.4 Å². The third-order valence-electron chi connectivity index (χ3n) is 3.15. The van der Waals surface area contributed by atoms with Crippen molar-refractivity contribution in [1.82, 2.24) is 0 Å². The topological polar surface area (TPSA) is 50.4 Å². The van der Waals surface area contributed by atoms with Gasteiger partial charge in [-0.25, -0.2) is 0 Å². The Bertz CT molecular complexity index is 700. The summed E-state index contributed by atoms with van der Waals surface area (Å²) in [4.78, 5) is 12.1. The number of alkyl halides is 3. The first-order valence-electron chi connectivity index (χ1n) is 7.23. The molecule has 0 fully saturated rings. The van der Waals surface area contributed by atoms with E-state index in [2.05, 4.69) is 15.4 Å². The van der Waals surface area contributed by atoms with Crippen LogP contribution >= 0.6 is 0 Å². The van der Waals surface area contributed by atoms with Crippen LogP contribution in [0.2, 0.25) is 0 Å². The van der Waals surface area contributed by atoms with E-state index < -0.39 is 12.4 Å². The highest BCUT2D eigenvalue weighted by Gasteiger charge is 2.30. The Hall–Kier alpha value is -2.70. The Morgan fingerprint density at radius 1 is 1.08 bits per heavy atom. The molecule has 1 unspecified atom stereocenters. The van der Waals surface area contributed by atoms with Crippen molar-refractivity contribution in [1.29, 1.82) is 0 Å². The lowest BCUT2D eigenvalue weighted by atomic mass is 10.2. The fourth-order valence-corrected chi connectivity index (χ4v) is 2.04. The van der Waals surface area contributed by atoms with Crippen LogP contribution in [-0.4, -0.2) is 18.3 Å². The Morgan fingerprint density at radius 3 is 2.33 bits per heavy atom. The van der Waals surface area contributed by atoms with Crippen molar-refractivity contribution in [3.05, 3.63) is 54.1 Å². The van der Waals surface area contributed by atoms with Gasteiger partial charge in [0, 0.05) is 11.4 Å². The molecule has 0 aliphatic rings. The molecule has 0 radical (unpaired) electrons. The van der Waals surface area contributed by atoms with Gasteiger partial charge in [0.15, 0.2) is 0 Å². The highest BCUT2D eigenvalue weighted by molar-refractivity contribution is 5.96. The third-order valence-corrected chi connectivity index (χ3v) is 3.15. The summed E-state index contributed by atoms with van der Waals surface area (Å²) in [5.74, 6) is -0.646. The first kappa shape index (κ1) is 17.7. The van der Waals surface area contributed by atoms with Crippen molar-refractivity contribution in [2.75, 3.05) is 10.6 Å². The molecule has 2 aromatic rings. The van der Waals surface area contributed by atoms with Gasteiger partial charge in [-0.15, -0.1) is 13.2 Å². The predicted octanol–water partition coefficient (Wildman–Crippen LogP) is 4.33. The summed E-state index contributed by atoms with van der Waals surface area (Å²) < 4.78 is 40.1. The molecule has 0 aliphatic heterocycles. The van der Waals surface area contributed by atoms with Gasteiger partial charge in [-0.3, -0.25) is 4.79 Å². The molecule has 7 heteroatoms. The van der Waals surface area contributed by atoms with Gasteiger partial charge in [0.25, 0.3) is 0 Å². The van der Waals surface area contributed by atoms with E-state index in [-0.39, 0.29) is 11.7 Å². The number of hydrogen-bond acceptors (Lipinski definition) is 3. The summed E-state index contributed by atoms with van der Waals surface area (Å²) >= 11 is 0. The van der Waals surface area contributed by atoms with Gasteiger partial charge >= 0.3 is 6.36 Å². The smallest absolute Gasteiger partial charge is 0.406 e. The van der Waals surface area contributed by atoms with Crippen molar-refractivity contribution >= 4 is 17.3 Å². The first-order valence-corrected chi connectivity index (χ1v) is 7.23. The maximum absolute atomic E-state index is 12.1. The first-order chi connectivity index (χ1) is 11.2. The van der Waals surface area contributed by atoms with Crippen LogP contribution in [0.1, 0.15) is 12.5 Å². The van der Waals surface area contributed by atoms with Gasteiger partial charge in [-0.05, 0) is 55.8 Å². The number of nitrogens with one attached hydrogen (secondary N) is 2.